The molecule has 0 aliphatic rings. The van der Waals surface area contributed by atoms with Crippen molar-refractivity contribution in [3.05, 3.63) is 103 Å². The summed E-state index contributed by atoms with van der Waals surface area (Å²) in [7, 11) is 0. The van der Waals surface area contributed by atoms with Crippen LogP contribution >= 0.6 is 22.7 Å². The van der Waals surface area contributed by atoms with Gasteiger partial charge in [-0.1, -0.05) is 79.7 Å². The Balaban J connectivity index is 0.000000333. The van der Waals surface area contributed by atoms with Gasteiger partial charge in [-0.2, -0.15) is 19.6 Å². The molecule has 0 saturated heterocycles. The first-order valence-electron chi connectivity index (χ1n) is 16.6. The molecule has 0 radical (unpaired) electrons. The number of thiophene rings is 2. The fraction of sp³-hybridized carbons (Fsp3) is 0.400. The fourth-order valence-electron chi connectivity index (χ4n) is 4.51. The van der Waals surface area contributed by atoms with Gasteiger partial charge in [0, 0.05) is 26.2 Å². The first-order valence-corrected chi connectivity index (χ1v) is 20.0. The third-order valence-electron chi connectivity index (χ3n) is 7.64. The maximum absolute atomic E-state index is 6.03. The van der Waals surface area contributed by atoms with Crippen molar-refractivity contribution in [1.29, 1.82) is 0 Å². The largest absolute Gasteiger partial charge is 0.780 e. The average molecular weight is 812 g/mol. The van der Waals surface area contributed by atoms with Crippen LogP contribution in [0, 0.1) is 11.8 Å². The van der Waals surface area contributed by atoms with Crippen LogP contribution in [0.4, 0.5) is 0 Å². The maximum atomic E-state index is 6.03. The Hall–Kier alpha value is -1.71. The van der Waals surface area contributed by atoms with Gasteiger partial charge >= 0.3 is 0 Å². The van der Waals surface area contributed by atoms with Crippen molar-refractivity contribution in [3.63, 3.8) is 0 Å². The first-order chi connectivity index (χ1) is 22.8. The van der Waals surface area contributed by atoms with Gasteiger partial charge in [0.25, 0.3) is 0 Å². The van der Waals surface area contributed by atoms with Crippen molar-refractivity contribution < 1.29 is 26.0 Å². The summed E-state index contributed by atoms with van der Waals surface area (Å²) in [4.78, 5) is 4.95. The van der Waals surface area contributed by atoms with E-state index in [1.54, 1.807) is 22.7 Å². The van der Waals surface area contributed by atoms with Crippen molar-refractivity contribution in [2.45, 2.75) is 80.1 Å². The summed E-state index contributed by atoms with van der Waals surface area (Å²) < 4.78 is 12.1. The van der Waals surface area contributed by atoms with Crippen molar-refractivity contribution in [1.82, 2.24) is 0 Å². The van der Waals surface area contributed by atoms with Crippen LogP contribution in [0.25, 0.3) is 19.6 Å². The summed E-state index contributed by atoms with van der Waals surface area (Å²) in [5.41, 5.74) is 4.38. The molecule has 0 fully saturated rings. The van der Waals surface area contributed by atoms with Gasteiger partial charge in [0.2, 0.25) is 0 Å². The molecule has 0 aliphatic heterocycles. The van der Waals surface area contributed by atoms with Crippen molar-refractivity contribution in [2.75, 3.05) is 13.2 Å². The van der Waals surface area contributed by atoms with E-state index in [0.717, 1.165) is 55.0 Å². The van der Waals surface area contributed by atoms with Gasteiger partial charge in [-0.3, -0.25) is 0 Å². The predicted octanol–water partition coefficient (Wildman–Crippen LogP) is 12.4. The summed E-state index contributed by atoms with van der Waals surface area (Å²) in [5.74, 6) is 3.77. The second kappa shape index (κ2) is 21.6. The second-order valence-corrected chi connectivity index (χ2v) is 16.7. The van der Waals surface area contributed by atoms with Gasteiger partial charge < -0.3 is 60.0 Å². The third kappa shape index (κ3) is 13.4. The zero-order valence-corrected chi connectivity index (χ0v) is 35.5. The molecule has 0 saturated carbocycles. The molecular weight excluding hydrogens is 764 g/mol. The summed E-state index contributed by atoms with van der Waals surface area (Å²) in [5, 5.41) is 4.05. The van der Waals surface area contributed by atoms with Crippen LogP contribution in [0.15, 0.2) is 71.4 Å². The molecule has 0 aliphatic carbocycles. The Morgan fingerprint density at radius 3 is 1.20 bits per heavy atom. The maximum Gasteiger partial charge on any atom is 0.124 e. The van der Waals surface area contributed by atoms with E-state index in [4.69, 9.17) is 60.0 Å². The Labute approximate surface area is 336 Å². The molecule has 4 rings (SSSR count). The molecule has 9 heteroatoms. The zero-order valence-electron chi connectivity index (χ0n) is 29.6. The van der Waals surface area contributed by atoms with Gasteiger partial charge in [-0.25, -0.2) is 0 Å². The molecule has 0 unspecified atom stereocenters. The van der Waals surface area contributed by atoms with Crippen LogP contribution < -0.4 is 9.47 Å². The van der Waals surface area contributed by atoms with Crippen LogP contribution in [-0.2, 0) is 67.0 Å². The van der Waals surface area contributed by atoms with Gasteiger partial charge in [0.1, 0.15) is 11.5 Å². The number of rotatable bonds is 14. The minimum atomic E-state index is 0. The topological polar surface area (TPSA) is 18.5 Å². The molecule has 2 aromatic carbocycles. The van der Waals surface area contributed by atoms with Crippen molar-refractivity contribution in [3.8, 4) is 11.5 Å². The van der Waals surface area contributed by atoms with Crippen LogP contribution in [0.1, 0.15) is 112 Å². The third-order valence-corrected chi connectivity index (χ3v) is 11.6. The fourth-order valence-corrected chi connectivity index (χ4v) is 7.17. The Morgan fingerprint density at radius 1 is 0.551 bits per heavy atom. The van der Waals surface area contributed by atoms with Crippen molar-refractivity contribution in [2.24, 2.45) is 11.8 Å². The summed E-state index contributed by atoms with van der Waals surface area (Å²) in [6.45, 7) is 18.9. The molecule has 270 valence electrons. The van der Waals surface area contributed by atoms with Gasteiger partial charge in [-0.15, -0.1) is 22.7 Å². The van der Waals surface area contributed by atoms with E-state index in [9.17, 15) is 0 Å². The summed E-state index contributed by atoms with van der Waals surface area (Å²) in [6.07, 6.45) is 2.04. The standard InChI is InChI=1S/2C20H26OS3.Ni/c2*1-13(2)9-10-21-17-8-7-15(14(3)4)12-16(17)19(22)20(23)18-6-5-11-24-18;/h2*5-8,11-14,22-23H,9-10H2,1-4H3;/p-4/b2*20-19-;. The molecule has 49 heavy (non-hydrogen) atoms. The van der Waals surface area contributed by atoms with Crippen LogP contribution in [0.3, 0.4) is 0 Å². The zero-order chi connectivity index (χ0) is 35.4. The van der Waals surface area contributed by atoms with E-state index in [1.807, 2.05) is 47.2 Å². The molecule has 2 nitrogen and oxygen atoms in total. The molecule has 0 amide bonds. The van der Waals surface area contributed by atoms with E-state index in [1.165, 1.54) is 11.1 Å². The normalized spacial score (nSPS) is 12.3. The molecule has 0 atom stereocenters. The Morgan fingerprint density at radius 2 is 0.918 bits per heavy atom. The molecule has 2 heterocycles. The van der Waals surface area contributed by atoms with E-state index in [2.05, 4.69) is 79.7 Å². The molecule has 0 N–H and O–H groups in total. The molecule has 4 aromatic rings. The number of hydrogen-bond donors (Lipinski definition) is 0. The monoisotopic (exact) mass is 810 g/mol. The summed E-state index contributed by atoms with van der Waals surface area (Å²) in [6, 6.07) is 20.6. The van der Waals surface area contributed by atoms with Crippen LogP contribution in [0.5, 0.6) is 11.5 Å². The van der Waals surface area contributed by atoms with E-state index >= 15 is 0 Å². The SMILES string of the molecule is CC(C)CCOc1ccc(C(C)C)cc1/C([S-])=C(/[S-])c1cccs1.CC(C)CCOc1ccc(C(C)C)cc1/C([S-])=C(/[S-])c1cccs1.[Ni]. The van der Waals surface area contributed by atoms with Gasteiger partial charge in [0.15, 0.2) is 0 Å². The number of hydrogen-bond acceptors (Lipinski definition) is 8. The number of benzene rings is 2. The van der Waals surface area contributed by atoms with Crippen LogP contribution in [-0.4, -0.2) is 13.2 Å². The van der Waals surface area contributed by atoms with Gasteiger partial charge in [-0.05, 0) is 106 Å². The molecule has 0 bridgehead atoms. The van der Waals surface area contributed by atoms with E-state index < -0.39 is 0 Å². The molecule has 0 spiro atoms. The Kier molecular flexibility index (Phi) is 19.2. The summed E-state index contributed by atoms with van der Waals surface area (Å²) >= 11 is 25.9. The second-order valence-electron chi connectivity index (χ2n) is 13.2. The van der Waals surface area contributed by atoms with Crippen molar-refractivity contribution >= 4 is 92.8 Å². The van der Waals surface area contributed by atoms with E-state index in [0.29, 0.717) is 46.7 Å². The minimum Gasteiger partial charge on any atom is -0.780 e. The number of ether oxygens (including phenoxy) is 2. The first kappa shape index (κ1) is 43.5. The minimum absolute atomic E-state index is 0. The quantitative estimate of drug-likeness (QED) is 0.0926. The smallest absolute Gasteiger partial charge is 0.124 e. The Bertz CT molecular complexity index is 1500. The molecule has 2 aromatic heterocycles. The van der Waals surface area contributed by atoms with Gasteiger partial charge in [0.05, 0.1) is 13.2 Å². The molecular formula is C40H48NiO2S6-4. The van der Waals surface area contributed by atoms with E-state index in [-0.39, 0.29) is 16.5 Å². The van der Waals surface area contributed by atoms with Crippen LogP contribution in [0.2, 0.25) is 0 Å². The predicted molar refractivity (Wildman–Crippen MR) is 223 cm³/mol. The average Bonchev–Trinajstić information content (AvgIpc) is 3.79.